The Morgan fingerprint density at radius 1 is 1.26 bits per heavy atom. The third-order valence-electron chi connectivity index (χ3n) is 2.40. The Hall–Kier alpha value is -2.18. The van der Waals surface area contributed by atoms with E-state index < -0.39 is 11.9 Å². The van der Waals surface area contributed by atoms with Gasteiger partial charge in [-0.15, -0.1) is 0 Å². The smallest absolute Gasteiger partial charge is 0.435 e. The summed E-state index contributed by atoms with van der Waals surface area (Å²) >= 11 is 0. The highest BCUT2D eigenvalue weighted by Gasteiger charge is 2.35. The zero-order valence-corrected chi connectivity index (χ0v) is 10.1. The third-order valence-corrected chi connectivity index (χ3v) is 2.40. The lowest BCUT2D eigenvalue weighted by Crippen LogP contribution is -2.07. The van der Waals surface area contributed by atoms with Crippen molar-refractivity contribution in [1.29, 1.82) is 0 Å². The fourth-order valence-electron chi connectivity index (χ4n) is 1.55. The summed E-state index contributed by atoms with van der Waals surface area (Å²) in [6, 6.07) is 7.19. The van der Waals surface area contributed by atoms with Crippen molar-refractivity contribution in [3.63, 3.8) is 0 Å². The summed E-state index contributed by atoms with van der Waals surface area (Å²) < 4.78 is 44.2. The van der Waals surface area contributed by atoms with E-state index in [4.69, 9.17) is 10.5 Å². The van der Waals surface area contributed by atoms with Crippen molar-refractivity contribution in [2.75, 3.05) is 12.3 Å². The summed E-state index contributed by atoms with van der Waals surface area (Å²) in [5.74, 6) is 0.0413. The third kappa shape index (κ3) is 2.81. The van der Waals surface area contributed by atoms with Crippen molar-refractivity contribution < 1.29 is 17.9 Å². The second-order valence-electron chi connectivity index (χ2n) is 3.80. The maximum atomic E-state index is 12.6. The highest BCUT2D eigenvalue weighted by molar-refractivity contribution is 5.46. The fourth-order valence-corrected chi connectivity index (χ4v) is 1.55. The van der Waals surface area contributed by atoms with Crippen LogP contribution in [0.4, 0.5) is 18.9 Å². The summed E-state index contributed by atoms with van der Waals surface area (Å²) in [6.45, 7) is 1.94. The number of alkyl halides is 3. The number of nitrogens with zero attached hydrogens (tertiary/aromatic N) is 2. The van der Waals surface area contributed by atoms with E-state index >= 15 is 0 Å². The van der Waals surface area contributed by atoms with E-state index in [-0.39, 0.29) is 12.5 Å². The molecule has 4 nitrogen and oxygen atoms in total. The minimum Gasteiger partial charge on any atom is -0.478 e. The molecule has 0 saturated carbocycles. The Morgan fingerprint density at radius 3 is 2.42 bits per heavy atom. The van der Waals surface area contributed by atoms with Gasteiger partial charge in [0.15, 0.2) is 5.69 Å². The van der Waals surface area contributed by atoms with Crippen LogP contribution in [0.1, 0.15) is 12.6 Å². The van der Waals surface area contributed by atoms with E-state index in [0.717, 1.165) is 10.7 Å². The van der Waals surface area contributed by atoms with E-state index in [1.54, 1.807) is 31.2 Å². The van der Waals surface area contributed by atoms with E-state index in [1.807, 2.05) is 0 Å². The average molecular weight is 271 g/mol. The molecule has 0 aliphatic carbocycles. The van der Waals surface area contributed by atoms with Gasteiger partial charge in [-0.1, -0.05) is 0 Å². The molecule has 7 heteroatoms. The second-order valence-corrected chi connectivity index (χ2v) is 3.80. The van der Waals surface area contributed by atoms with Crippen molar-refractivity contribution in [2.24, 2.45) is 0 Å². The molecule has 0 aliphatic rings. The summed E-state index contributed by atoms with van der Waals surface area (Å²) in [4.78, 5) is 0. The molecule has 0 spiro atoms. The first-order chi connectivity index (χ1) is 8.91. The van der Waals surface area contributed by atoms with Crippen LogP contribution in [0.25, 0.3) is 5.69 Å². The predicted molar refractivity (Wildman–Crippen MR) is 64.1 cm³/mol. The molecule has 0 saturated heterocycles. The van der Waals surface area contributed by atoms with Gasteiger partial charge in [0.25, 0.3) is 0 Å². The van der Waals surface area contributed by atoms with Crippen molar-refractivity contribution in [1.82, 2.24) is 9.78 Å². The predicted octanol–water partition coefficient (Wildman–Crippen LogP) is 2.87. The highest BCUT2D eigenvalue weighted by Crippen LogP contribution is 2.32. The molecule has 0 unspecified atom stereocenters. The van der Waals surface area contributed by atoms with Gasteiger partial charge in [-0.2, -0.15) is 18.3 Å². The van der Waals surface area contributed by atoms with Crippen LogP contribution < -0.4 is 10.5 Å². The molecule has 1 aromatic carbocycles. The molecule has 2 aromatic rings. The molecule has 0 bridgehead atoms. The summed E-state index contributed by atoms with van der Waals surface area (Å²) in [6.07, 6.45) is -4.51. The quantitative estimate of drug-likeness (QED) is 0.873. The monoisotopic (exact) mass is 271 g/mol. The Labute approximate surface area is 107 Å². The fraction of sp³-hybridized carbons (Fsp3) is 0.250. The van der Waals surface area contributed by atoms with Gasteiger partial charge in [-0.3, -0.25) is 0 Å². The zero-order chi connectivity index (χ0) is 14.0. The number of halogens is 3. The Bertz CT molecular complexity index is 561. The van der Waals surface area contributed by atoms with Gasteiger partial charge in [0.05, 0.1) is 12.3 Å². The number of rotatable bonds is 3. The highest BCUT2D eigenvalue weighted by atomic mass is 19.4. The SMILES string of the molecule is CCOc1cc(C(F)(F)F)nn1-c1ccc(N)cc1. The standard InChI is InChI=1S/C12H12F3N3O/c1-2-19-11-7-10(12(13,14)15)17-18(11)9-5-3-8(16)4-6-9/h3-7H,2,16H2,1H3. The van der Waals surface area contributed by atoms with Gasteiger partial charge in [-0.05, 0) is 31.2 Å². The van der Waals surface area contributed by atoms with Crippen LogP contribution in [0.15, 0.2) is 30.3 Å². The van der Waals surface area contributed by atoms with Crippen LogP contribution in [0.5, 0.6) is 5.88 Å². The number of nitrogens with two attached hydrogens (primary N) is 1. The minimum absolute atomic E-state index is 0.0413. The molecule has 102 valence electrons. The number of hydrogen-bond acceptors (Lipinski definition) is 3. The van der Waals surface area contributed by atoms with Crippen LogP contribution in [0.2, 0.25) is 0 Å². The number of ether oxygens (including phenoxy) is 1. The molecule has 0 radical (unpaired) electrons. The lowest BCUT2D eigenvalue weighted by atomic mass is 10.3. The molecule has 19 heavy (non-hydrogen) atoms. The lowest BCUT2D eigenvalue weighted by Gasteiger charge is -2.07. The summed E-state index contributed by atoms with van der Waals surface area (Å²) in [5, 5.41) is 3.53. The van der Waals surface area contributed by atoms with Crippen LogP contribution in [0, 0.1) is 0 Å². The molecule has 2 N–H and O–H groups in total. The molecule has 0 aliphatic heterocycles. The number of benzene rings is 1. The summed E-state index contributed by atoms with van der Waals surface area (Å²) in [5.41, 5.74) is 5.51. The topological polar surface area (TPSA) is 53.1 Å². The molecule has 0 amide bonds. The Kier molecular flexibility index (Phi) is 3.37. The maximum Gasteiger partial charge on any atom is 0.435 e. The Morgan fingerprint density at radius 2 is 1.89 bits per heavy atom. The summed E-state index contributed by atoms with van der Waals surface area (Å²) in [7, 11) is 0. The first-order valence-corrected chi connectivity index (χ1v) is 5.58. The molecule has 0 fully saturated rings. The molecule has 1 heterocycles. The van der Waals surface area contributed by atoms with E-state index in [1.165, 1.54) is 0 Å². The van der Waals surface area contributed by atoms with Crippen molar-refractivity contribution in [2.45, 2.75) is 13.1 Å². The van der Waals surface area contributed by atoms with Crippen molar-refractivity contribution in [3.05, 3.63) is 36.0 Å². The Balaban J connectivity index is 2.48. The average Bonchev–Trinajstić information content (AvgIpc) is 2.74. The maximum absolute atomic E-state index is 12.6. The molecular formula is C12H12F3N3O. The number of aromatic nitrogens is 2. The van der Waals surface area contributed by atoms with Gasteiger partial charge in [0.2, 0.25) is 5.88 Å². The van der Waals surface area contributed by atoms with E-state index in [0.29, 0.717) is 11.4 Å². The normalized spacial score (nSPS) is 11.6. The van der Waals surface area contributed by atoms with Gasteiger partial charge in [0, 0.05) is 11.8 Å². The van der Waals surface area contributed by atoms with Gasteiger partial charge in [-0.25, -0.2) is 4.68 Å². The first-order valence-electron chi connectivity index (χ1n) is 5.58. The van der Waals surface area contributed by atoms with Gasteiger partial charge in [0.1, 0.15) is 0 Å². The first kappa shape index (κ1) is 13.3. The molecular weight excluding hydrogens is 259 g/mol. The van der Waals surface area contributed by atoms with E-state index in [9.17, 15) is 13.2 Å². The van der Waals surface area contributed by atoms with Crippen LogP contribution in [-0.2, 0) is 6.18 Å². The van der Waals surface area contributed by atoms with E-state index in [2.05, 4.69) is 5.10 Å². The van der Waals surface area contributed by atoms with Crippen LogP contribution >= 0.6 is 0 Å². The minimum atomic E-state index is -4.51. The van der Waals surface area contributed by atoms with Gasteiger partial charge < -0.3 is 10.5 Å². The zero-order valence-electron chi connectivity index (χ0n) is 10.1. The largest absolute Gasteiger partial charge is 0.478 e. The van der Waals surface area contributed by atoms with Crippen LogP contribution in [0.3, 0.4) is 0 Å². The second kappa shape index (κ2) is 4.83. The number of hydrogen-bond donors (Lipinski definition) is 1. The molecule has 2 rings (SSSR count). The number of anilines is 1. The lowest BCUT2D eigenvalue weighted by molar-refractivity contribution is -0.141. The van der Waals surface area contributed by atoms with Crippen molar-refractivity contribution in [3.8, 4) is 11.6 Å². The number of nitrogen functional groups attached to an aromatic ring is 1. The van der Waals surface area contributed by atoms with Crippen LogP contribution in [-0.4, -0.2) is 16.4 Å². The molecule has 1 aromatic heterocycles. The van der Waals surface area contributed by atoms with Gasteiger partial charge >= 0.3 is 6.18 Å². The van der Waals surface area contributed by atoms with Crippen molar-refractivity contribution >= 4 is 5.69 Å². The molecule has 0 atom stereocenters.